The molecule has 0 saturated heterocycles. The minimum atomic E-state index is 0.794. The fourth-order valence-electron chi connectivity index (χ4n) is 1.17. The van der Waals surface area contributed by atoms with Gasteiger partial charge in [-0.15, -0.1) is 11.3 Å². The smallest absolute Gasteiger partial charge is 0.148 e. The fourth-order valence-corrected chi connectivity index (χ4v) is 1.91. The quantitative estimate of drug-likeness (QED) is 0.836. The SMILES string of the molecule is Cc1ncc(CNc2ccn(C)n2)s1. The first kappa shape index (κ1) is 9.21. The summed E-state index contributed by atoms with van der Waals surface area (Å²) < 4.78 is 1.78. The highest BCUT2D eigenvalue weighted by atomic mass is 32.1. The Bertz CT molecular complexity index is 378. The maximum Gasteiger partial charge on any atom is 0.148 e. The summed E-state index contributed by atoms with van der Waals surface area (Å²) in [6.45, 7) is 2.80. The minimum Gasteiger partial charge on any atom is -0.364 e. The fraction of sp³-hybridized carbons (Fsp3) is 0.333. The number of nitrogens with one attached hydrogen (secondary N) is 1. The molecule has 2 aromatic heterocycles. The van der Waals surface area contributed by atoms with Crippen LogP contribution in [0.5, 0.6) is 0 Å². The van der Waals surface area contributed by atoms with Crippen LogP contribution in [0.2, 0.25) is 0 Å². The van der Waals surface area contributed by atoms with Crippen molar-refractivity contribution in [3.05, 3.63) is 28.3 Å². The van der Waals surface area contributed by atoms with Gasteiger partial charge in [-0.3, -0.25) is 4.68 Å². The lowest BCUT2D eigenvalue weighted by molar-refractivity contribution is 0.768. The minimum absolute atomic E-state index is 0.794. The first-order chi connectivity index (χ1) is 6.74. The zero-order valence-corrected chi connectivity index (χ0v) is 9.01. The van der Waals surface area contributed by atoms with Crippen LogP contribution < -0.4 is 5.32 Å². The molecule has 0 fully saturated rings. The molecule has 0 aliphatic rings. The van der Waals surface area contributed by atoms with Crippen LogP contribution in [0, 0.1) is 6.92 Å². The number of anilines is 1. The third kappa shape index (κ3) is 2.11. The Kier molecular flexibility index (Phi) is 2.49. The van der Waals surface area contributed by atoms with E-state index in [0.29, 0.717) is 0 Å². The molecule has 0 bridgehead atoms. The van der Waals surface area contributed by atoms with Crippen molar-refractivity contribution in [2.45, 2.75) is 13.5 Å². The molecule has 2 heterocycles. The third-order valence-electron chi connectivity index (χ3n) is 1.83. The predicted molar refractivity (Wildman–Crippen MR) is 57.4 cm³/mol. The second-order valence-electron chi connectivity index (χ2n) is 3.07. The highest BCUT2D eigenvalue weighted by Crippen LogP contribution is 2.13. The van der Waals surface area contributed by atoms with Crippen molar-refractivity contribution >= 4 is 17.2 Å². The molecule has 14 heavy (non-hydrogen) atoms. The second kappa shape index (κ2) is 3.79. The van der Waals surface area contributed by atoms with Gasteiger partial charge in [-0.25, -0.2) is 4.98 Å². The molecule has 1 N–H and O–H groups in total. The Morgan fingerprint density at radius 1 is 1.57 bits per heavy atom. The van der Waals surface area contributed by atoms with Crippen molar-refractivity contribution in [2.75, 3.05) is 5.32 Å². The number of nitrogens with zero attached hydrogens (tertiary/aromatic N) is 3. The highest BCUT2D eigenvalue weighted by Gasteiger charge is 1.99. The van der Waals surface area contributed by atoms with Crippen LogP contribution in [0.15, 0.2) is 18.5 Å². The summed E-state index contributed by atoms with van der Waals surface area (Å²) in [6, 6.07) is 1.95. The summed E-state index contributed by atoms with van der Waals surface area (Å²) in [5.41, 5.74) is 0. The summed E-state index contributed by atoms with van der Waals surface area (Å²) in [7, 11) is 1.90. The average molecular weight is 208 g/mol. The van der Waals surface area contributed by atoms with Crippen molar-refractivity contribution in [2.24, 2.45) is 7.05 Å². The van der Waals surface area contributed by atoms with Gasteiger partial charge in [0.2, 0.25) is 0 Å². The standard InChI is InChI=1S/C9H12N4S/c1-7-10-5-8(14-7)6-11-9-3-4-13(2)12-9/h3-5H,6H2,1-2H3,(H,11,12). The van der Waals surface area contributed by atoms with E-state index in [0.717, 1.165) is 17.4 Å². The van der Waals surface area contributed by atoms with E-state index in [1.807, 2.05) is 32.4 Å². The molecule has 0 aliphatic carbocycles. The van der Waals surface area contributed by atoms with Gasteiger partial charge in [0.15, 0.2) is 0 Å². The van der Waals surface area contributed by atoms with Crippen LogP contribution in [0.3, 0.4) is 0 Å². The largest absolute Gasteiger partial charge is 0.364 e. The van der Waals surface area contributed by atoms with E-state index in [4.69, 9.17) is 0 Å². The number of aromatic nitrogens is 3. The zero-order valence-electron chi connectivity index (χ0n) is 8.19. The molecule has 0 amide bonds. The molecule has 4 nitrogen and oxygen atoms in total. The summed E-state index contributed by atoms with van der Waals surface area (Å²) in [4.78, 5) is 5.42. The number of rotatable bonds is 3. The molecule has 0 aliphatic heterocycles. The van der Waals surface area contributed by atoms with Crippen molar-refractivity contribution in [3.8, 4) is 0 Å². The van der Waals surface area contributed by atoms with E-state index in [9.17, 15) is 0 Å². The molecule has 2 rings (SSSR count). The Morgan fingerprint density at radius 2 is 2.43 bits per heavy atom. The first-order valence-electron chi connectivity index (χ1n) is 4.39. The maximum atomic E-state index is 4.22. The van der Waals surface area contributed by atoms with Crippen molar-refractivity contribution in [3.63, 3.8) is 0 Å². The molecule has 0 spiro atoms. The van der Waals surface area contributed by atoms with Gasteiger partial charge in [0, 0.05) is 30.4 Å². The molecule has 0 atom stereocenters. The molecule has 0 aromatic carbocycles. The van der Waals surface area contributed by atoms with Crippen molar-refractivity contribution < 1.29 is 0 Å². The molecule has 0 radical (unpaired) electrons. The Morgan fingerprint density at radius 3 is 3.00 bits per heavy atom. The van der Waals surface area contributed by atoms with Crippen LogP contribution in [-0.4, -0.2) is 14.8 Å². The number of hydrogen-bond acceptors (Lipinski definition) is 4. The summed E-state index contributed by atoms with van der Waals surface area (Å²) in [6.07, 6.45) is 3.82. The predicted octanol–water partition coefficient (Wildman–Crippen LogP) is 1.80. The number of aryl methyl sites for hydroxylation is 2. The van der Waals surface area contributed by atoms with Crippen molar-refractivity contribution in [1.29, 1.82) is 0 Å². The lowest BCUT2D eigenvalue weighted by atomic mass is 10.5. The first-order valence-corrected chi connectivity index (χ1v) is 5.20. The average Bonchev–Trinajstić information content (AvgIpc) is 2.72. The van der Waals surface area contributed by atoms with Crippen LogP contribution >= 0.6 is 11.3 Å². The summed E-state index contributed by atoms with van der Waals surface area (Å²) in [5.74, 6) is 0.901. The van der Waals surface area contributed by atoms with Crippen LogP contribution in [-0.2, 0) is 13.6 Å². The van der Waals surface area contributed by atoms with E-state index < -0.39 is 0 Å². The van der Waals surface area contributed by atoms with E-state index in [1.165, 1.54) is 4.88 Å². The summed E-state index contributed by atoms with van der Waals surface area (Å²) >= 11 is 1.71. The van der Waals surface area contributed by atoms with Crippen LogP contribution in [0.25, 0.3) is 0 Å². The summed E-state index contributed by atoms with van der Waals surface area (Å²) in [5, 5.41) is 8.56. The van der Waals surface area contributed by atoms with Gasteiger partial charge in [-0.2, -0.15) is 5.10 Å². The normalized spacial score (nSPS) is 10.4. The van der Waals surface area contributed by atoms with Gasteiger partial charge < -0.3 is 5.32 Å². The van der Waals surface area contributed by atoms with Crippen molar-refractivity contribution in [1.82, 2.24) is 14.8 Å². The van der Waals surface area contributed by atoms with Gasteiger partial charge in [-0.05, 0) is 6.92 Å². The topological polar surface area (TPSA) is 42.7 Å². The second-order valence-corrected chi connectivity index (χ2v) is 4.39. The zero-order chi connectivity index (χ0) is 9.97. The van der Waals surface area contributed by atoms with Crippen LogP contribution in [0.1, 0.15) is 9.88 Å². The maximum absolute atomic E-state index is 4.22. The van der Waals surface area contributed by atoms with E-state index >= 15 is 0 Å². The monoisotopic (exact) mass is 208 g/mol. The molecule has 5 heteroatoms. The van der Waals surface area contributed by atoms with E-state index in [1.54, 1.807) is 16.0 Å². The molecule has 0 saturated carbocycles. The van der Waals surface area contributed by atoms with Gasteiger partial charge in [-0.1, -0.05) is 0 Å². The van der Waals surface area contributed by atoms with Gasteiger partial charge in [0.25, 0.3) is 0 Å². The van der Waals surface area contributed by atoms with Gasteiger partial charge in [0.05, 0.1) is 11.6 Å². The molecular weight excluding hydrogens is 196 g/mol. The molecular formula is C9H12N4S. The third-order valence-corrected chi connectivity index (χ3v) is 2.74. The highest BCUT2D eigenvalue weighted by molar-refractivity contribution is 7.11. The lowest BCUT2D eigenvalue weighted by Gasteiger charge is -1.98. The van der Waals surface area contributed by atoms with Gasteiger partial charge in [0.1, 0.15) is 5.82 Å². The molecule has 74 valence electrons. The van der Waals surface area contributed by atoms with Crippen LogP contribution in [0.4, 0.5) is 5.82 Å². The Balaban J connectivity index is 1.94. The van der Waals surface area contributed by atoms with E-state index in [-0.39, 0.29) is 0 Å². The number of thiazole rings is 1. The molecule has 0 unspecified atom stereocenters. The van der Waals surface area contributed by atoms with Gasteiger partial charge >= 0.3 is 0 Å². The van der Waals surface area contributed by atoms with E-state index in [2.05, 4.69) is 15.4 Å². The molecule has 2 aromatic rings. The Hall–Kier alpha value is -1.36. The lowest BCUT2D eigenvalue weighted by Crippen LogP contribution is -1.98. The number of hydrogen-bond donors (Lipinski definition) is 1. The Labute approximate surface area is 86.6 Å².